The summed E-state index contributed by atoms with van der Waals surface area (Å²) in [7, 11) is 0. The molecule has 0 spiro atoms. The predicted molar refractivity (Wildman–Crippen MR) is 26.7 cm³/mol. The van der Waals surface area contributed by atoms with E-state index in [0.717, 1.165) is 12.0 Å². The summed E-state index contributed by atoms with van der Waals surface area (Å²) < 4.78 is 0. The van der Waals surface area contributed by atoms with Gasteiger partial charge in [0.05, 0.1) is 0 Å². The second kappa shape index (κ2) is 1.49. The fourth-order valence-corrected chi connectivity index (χ4v) is 0.664. The average Bonchev–Trinajstić information content (AvgIpc) is 1.87. The molecule has 0 aromatic rings. The Balaban J connectivity index is 2.67. The quantitative estimate of drug-likeness (QED) is 0.440. The second-order valence-corrected chi connectivity index (χ2v) is 1.83. The van der Waals surface area contributed by atoms with E-state index in [4.69, 9.17) is 0 Å². The van der Waals surface area contributed by atoms with Crippen LogP contribution < -0.4 is 0 Å². The maximum atomic E-state index is 10.3. The standard InChI is InChI=1S/C6H7O/c1-5-2-3-6(7)4-5/h2-3H2,1H3. The SMILES string of the molecule is CC1=[C]C(=O)CC1. The van der Waals surface area contributed by atoms with Crippen LogP contribution in [0.1, 0.15) is 19.8 Å². The summed E-state index contributed by atoms with van der Waals surface area (Å²) in [6.07, 6.45) is 4.31. The molecule has 0 aromatic carbocycles. The van der Waals surface area contributed by atoms with Crippen molar-refractivity contribution >= 4 is 5.78 Å². The highest BCUT2D eigenvalue weighted by molar-refractivity contribution is 5.88. The topological polar surface area (TPSA) is 17.1 Å². The molecule has 1 radical (unpaired) electrons. The van der Waals surface area contributed by atoms with Crippen molar-refractivity contribution in [2.45, 2.75) is 19.8 Å². The van der Waals surface area contributed by atoms with Crippen molar-refractivity contribution in [2.24, 2.45) is 0 Å². The van der Waals surface area contributed by atoms with Gasteiger partial charge in [-0.25, -0.2) is 0 Å². The van der Waals surface area contributed by atoms with Gasteiger partial charge in [0.25, 0.3) is 0 Å². The van der Waals surface area contributed by atoms with Gasteiger partial charge in [-0.1, -0.05) is 5.57 Å². The molecule has 0 N–H and O–H groups in total. The first kappa shape index (κ1) is 4.57. The van der Waals surface area contributed by atoms with Crippen molar-refractivity contribution in [3.05, 3.63) is 11.6 Å². The molecule has 0 amide bonds. The molecule has 0 aliphatic heterocycles. The lowest BCUT2D eigenvalue weighted by Crippen LogP contribution is -1.81. The van der Waals surface area contributed by atoms with Crippen LogP contribution in [0.2, 0.25) is 0 Å². The minimum absolute atomic E-state index is 0.164. The van der Waals surface area contributed by atoms with E-state index in [1.807, 2.05) is 6.92 Å². The van der Waals surface area contributed by atoms with Gasteiger partial charge in [0.15, 0.2) is 5.78 Å². The summed E-state index contributed by atoms with van der Waals surface area (Å²) in [5.74, 6) is 0.164. The average molecular weight is 95.1 g/mol. The Morgan fingerprint density at radius 1 is 1.57 bits per heavy atom. The number of ketones is 1. The molecular formula is C6H7O. The van der Waals surface area contributed by atoms with Crippen LogP contribution in [0.5, 0.6) is 0 Å². The highest BCUT2D eigenvalue weighted by Crippen LogP contribution is 2.11. The van der Waals surface area contributed by atoms with Crippen molar-refractivity contribution in [1.29, 1.82) is 0 Å². The van der Waals surface area contributed by atoms with Crippen molar-refractivity contribution in [3.8, 4) is 0 Å². The van der Waals surface area contributed by atoms with E-state index in [2.05, 4.69) is 6.08 Å². The van der Waals surface area contributed by atoms with Gasteiger partial charge < -0.3 is 0 Å². The Bertz CT molecular complexity index is 122. The van der Waals surface area contributed by atoms with Crippen molar-refractivity contribution < 1.29 is 4.79 Å². The monoisotopic (exact) mass is 95.0 g/mol. The third-order valence-electron chi connectivity index (χ3n) is 1.08. The van der Waals surface area contributed by atoms with Gasteiger partial charge in [-0.3, -0.25) is 4.79 Å². The molecule has 1 heteroatoms. The van der Waals surface area contributed by atoms with Gasteiger partial charge >= 0.3 is 0 Å². The van der Waals surface area contributed by atoms with E-state index < -0.39 is 0 Å². The predicted octanol–water partition coefficient (Wildman–Crippen LogP) is 1.10. The Kier molecular flexibility index (Phi) is 0.970. The molecule has 7 heavy (non-hydrogen) atoms. The van der Waals surface area contributed by atoms with Gasteiger partial charge in [0.2, 0.25) is 0 Å². The Labute approximate surface area is 43.0 Å². The van der Waals surface area contributed by atoms with E-state index >= 15 is 0 Å². The molecule has 37 valence electrons. The minimum atomic E-state index is 0.164. The fraction of sp³-hybridized carbons (Fsp3) is 0.500. The number of hydrogen-bond donors (Lipinski definition) is 0. The summed E-state index contributed by atoms with van der Waals surface area (Å²) >= 11 is 0. The molecule has 0 unspecified atom stereocenters. The third kappa shape index (κ3) is 0.889. The highest BCUT2D eigenvalue weighted by Gasteiger charge is 2.06. The summed E-state index contributed by atoms with van der Waals surface area (Å²) in [5, 5.41) is 0. The number of hydrogen-bond acceptors (Lipinski definition) is 1. The van der Waals surface area contributed by atoms with Crippen LogP contribution in [-0.4, -0.2) is 5.78 Å². The number of carbonyl (C=O) groups is 1. The number of carbonyl (C=O) groups excluding carboxylic acids is 1. The largest absolute Gasteiger partial charge is 0.294 e. The zero-order chi connectivity index (χ0) is 5.28. The minimum Gasteiger partial charge on any atom is -0.294 e. The highest BCUT2D eigenvalue weighted by atomic mass is 16.1. The lowest BCUT2D eigenvalue weighted by molar-refractivity contribution is -0.114. The van der Waals surface area contributed by atoms with Crippen LogP contribution in [0.15, 0.2) is 5.57 Å². The van der Waals surface area contributed by atoms with Crippen molar-refractivity contribution in [3.63, 3.8) is 0 Å². The molecule has 0 aromatic heterocycles. The van der Waals surface area contributed by atoms with Crippen molar-refractivity contribution in [2.75, 3.05) is 0 Å². The van der Waals surface area contributed by atoms with Crippen LogP contribution in [0.4, 0.5) is 0 Å². The number of rotatable bonds is 0. The fourth-order valence-electron chi connectivity index (χ4n) is 0.664. The Hall–Kier alpha value is -0.590. The molecule has 0 atom stereocenters. The zero-order valence-electron chi connectivity index (χ0n) is 4.32. The van der Waals surface area contributed by atoms with Gasteiger partial charge in [-0.05, 0) is 13.3 Å². The Morgan fingerprint density at radius 2 is 2.29 bits per heavy atom. The summed E-state index contributed by atoms with van der Waals surface area (Å²) in [5.41, 5.74) is 1.10. The van der Waals surface area contributed by atoms with Crippen LogP contribution in [0.3, 0.4) is 0 Å². The summed E-state index contributed by atoms with van der Waals surface area (Å²) in [4.78, 5) is 10.3. The van der Waals surface area contributed by atoms with Crippen LogP contribution in [0.25, 0.3) is 0 Å². The van der Waals surface area contributed by atoms with E-state index in [9.17, 15) is 4.79 Å². The van der Waals surface area contributed by atoms with Gasteiger partial charge in [-0.15, -0.1) is 0 Å². The second-order valence-electron chi connectivity index (χ2n) is 1.83. The molecule has 0 heterocycles. The normalized spacial score (nSPS) is 20.1. The maximum absolute atomic E-state index is 10.3. The first-order valence-electron chi connectivity index (χ1n) is 2.41. The van der Waals surface area contributed by atoms with Crippen LogP contribution in [-0.2, 0) is 4.79 Å². The molecule has 1 rings (SSSR count). The molecule has 1 aliphatic carbocycles. The number of allylic oxidation sites excluding steroid dienone is 2. The van der Waals surface area contributed by atoms with E-state index in [1.54, 1.807) is 0 Å². The van der Waals surface area contributed by atoms with Gasteiger partial charge in [-0.2, -0.15) is 0 Å². The van der Waals surface area contributed by atoms with E-state index in [0.29, 0.717) is 6.42 Å². The first-order valence-corrected chi connectivity index (χ1v) is 2.41. The molecular weight excluding hydrogens is 88.1 g/mol. The first-order chi connectivity index (χ1) is 3.29. The Morgan fingerprint density at radius 3 is 2.43 bits per heavy atom. The third-order valence-corrected chi connectivity index (χ3v) is 1.08. The van der Waals surface area contributed by atoms with Crippen LogP contribution >= 0.6 is 0 Å². The number of Topliss-reactive ketones (excluding diaryl/α,β-unsaturated/α-hetero) is 1. The molecule has 1 aliphatic rings. The lowest BCUT2D eigenvalue weighted by atomic mass is 10.3. The maximum Gasteiger partial charge on any atom is 0.163 e. The van der Waals surface area contributed by atoms with E-state index in [1.165, 1.54) is 0 Å². The van der Waals surface area contributed by atoms with Crippen molar-refractivity contribution in [1.82, 2.24) is 0 Å². The molecule has 0 fully saturated rings. The molecule has 0 bridgehead atoms. The van der Waals surface area contributed by atoms with Crippen LogP contribution in [0, 0.1) is 6.08 Å². The van der Waals surface area contributed by atoms with Gasteiger partial charge in [0.1, 0.15) is 0 Å². The van der Waals surface area contributed by atoms with Gasteiger partial charge in [0, 0.05) is 12.5 Å². The van der Waals surface area contributed by atoms with E-state index in [-0.39, 0.29) is 5.78 Å². The summed E-state index contributed by atoms with van der Waals surface area (Å²) in [6, 6.07) is 0. The lowest BCUT2D eigenvalue weighted by Gasteiger charge is -1.78. The molecule has 0 saturated carbocycles. The molecule has 0 saturated heterocycles. The smallest absolute Gasteiger partial charge is 0.163 e. The molecule has 1 nitrogen and oxygen atoms in total. The summed E-state index contributed by atoms with van der Waals surface area (Å²) in [6.45, 7) is 1.94. The zero-order valence-corrected chi connectivity index (χ0v) is 4.32.